The van der Waals surface area contributed by atoms with Crippen molar-refractivity contribution in [1.29, 1.82) is 0 Å². The van der Waals surface area contributed by atoms with Crippen LogP contribution in [0.4, 0.5) is 0 Å². The molecule has 0 nitrogen and oxygen atoms in total. The minimum absolute atomic E-state index is 0.621. The fourth-order valence-electron chi connectivity index (χ4n) is 5.10. The van der Waals surface area contributed by atoms with Gasteiger partial charge in [0.05, 0.1) is 0 Å². The van der Waals surface area contributed by atoms with Crippen molar-refractivity contribution >= 4 is 7.28 Å². The molecule has 0 aromatic rings. The molecule has 2 rings (SSSR count). The molecule has 1 saturated carbocycles. The van der Waals surface area contributed by atoms with Crippen molar-refractivity contribution in [3.05, 3.63) is 12.7 Å². The first kappa shape index (κ1) is 17.2. The van der Waals surface area contributed by atoms with Gasteiger partial charge in [-0.1, -0.05) is 102 Å². The lowest BCUT2D eigenvalue weighted by atomic mass is 9.41. The first-order chi connectivity index (χ1) is 10.4. The molecule has 1 atom stereocenters. The molecule has 1 heteroatoms. The highest BCUT2D eigenvalue weighted by Crippen LogP contribution is 2.50. The van der Waals surface area contributed by atoms with Crippen LogP contribution in [0.5, 0.6) is 0 Å². The first-order valence-electron chi connectivity index (χ1n) is 9.98. The van der Waals surface area contributed by atoms with Crippen LogP contribution in [-0.4, -0.2) is 7.28 Å². The molecule has 2 fully saturated rings. The summed E-state index contributed by atoms with van der Waals surface area (Å²) >= 11 is 0. The van der Waals surface area contributed by atoms with Crippen molar-refractivity contribution < 1.29 is 0 Å². The van der Waals surface area contributed by atoms with Crippen LogP contribution in [0, 0.1) is 5.92 Å². The summed E-state index contributed by atoms with van der Waals surface area (Å²) in [7, 11) is 1.49. The minimum Gasteiger partial charge on any atom is -0.103 e. The fraction of sp³-hybridized carbons (Fsp3) is 0.900. The quantitative estimate of drug-likeness (QED) is 0.401. The zero-order valence-corrected chi connectivity index (χ0v) is 14.4. The highest BCUT2D eigenvalue weighted by atomic mass is 14.3. The topological polar surface area (TPSA) is 0 Å². The Kier molecular flexibility index (Phi) is 7.97. The van der Waals surface area contributed by atoms with Crippen molar-refractivity contribution in [2.75, 3.05) is 0 Å². The lowest BCUT2D eigenvalue weighted by Gasteiger charge is -2.41. The molecule has 0 aromatic heterocycles. The number of hydrogen-bond donors (Lipinski definition) is 0. The maximum absolute atomic E-state index is 4.13. The summed E-state index contributed by atoms with van der Waals surface area (Å²) < 4.78 is 0. The lowest BCUT2D eigenvalue weighted by molar-refractivity contribution is 0.279. The highest BCUT2D eigenvalue weighted by molar-refractivity contribution is 6.40. The van der Waals surface area contributed by atoms with Crippen LogP contribution in [0.15, 0.2) is 12.7 Å². The predicted molar refractivity (Wildman–Crippen MR) is 97.6 cm³/mol. The summed E-state index contributed by atoms with van der Waals surface area (Å²) in [6, 6.07) is 0. The summed E-state index contributed by atoms with van der Waals surface area (Å²) in [6.45, 7) is 4.13. The van der Waals surface area contributed by atoms with Crippen LogP contribution in [0.25, 0.3) is 0 Å². The summed E-state index contributed by atoms with van der Waals surface area (Å²) in [4.78, 5) is 0. The van der Waals surface area contributed by atoms with Crippen LogP contribution in [0.1, 0.15) is 96.3 Å². The lowest BCUT2D eigenvalue weighted by Crippen LogP contribution is -2.30. The molecule has 2 aliphatic rings. The average molecular weight is 288 g/mol. The smallest absolute Gasteiger partial charge is 0.103 e. The third-order valence-electron chi connectivity index (χ3n) is 6.37. The van der Waals surface area contributed by atoms with Gasteiger partial charge in [-0.25, -0.2) is 0 Å². The van der Waals surface area contributed by atoms with E-state index in [-0.39, 0.29) is 0 Å². The van der Waals surface area contributed by atoms with Crippen molar-refractivity contribution in [2.45, 2.75) is 108 Å². The first-order valence-corrected chi connectivity index (χ1v) is 9.98. The Hall–Kier alpha value is -0.195. The van der Waals surface area contributed by atoms with Gasteiger partial charge in [0, 0.05) is 0 Å². The van der Waals surface area contributed by atoms with Gasteiger partial charge >= 0.3 is 0 Å². The normalized spacial score (nSPS) is 30.7. The largest absolute Gasteiger partial charge is 0.128 e. The SMILES string of the molecule is C=CCC1(C2CCCCCCCC2)BCCCCCCC1. The van der Waals surface area contributed by atoms with Gasteiger partial charge in [0.25, 0.3) is 0 Å². The van der Waals surface area contributed by atoms with Gasteiger partial charge in [-0.3, -0.25) is 0 Å². The summed E-state index contributed by atoms with van der Waals surface area (Å²) in [5.74, 6) is 0.992. The summed E-state index contributed by atoms with van der Waals surface area (Å²) in [5.41, 5.74) is 0. The molecule has 120 valence electrons. The van der Waals surface area contributed by atoms with Crippen molar-refractivity contribution in [1.82, 2.24) is 0 Å². The summed E-state index contributed by atoms with van der Waals surface area (Å²) in [5, 5.41) is 0.621. The second-order valence-electron chi connectivity index (χ2n) is 7.87. The third-order valence-corrected chi connectivity index (χ3v) is 6.37. The van der Waals surface area contributed by atoms with Gasteiger partial charge in [-0.15, -0.1) is 6.58 Å². The Morgan fingerprint density at radius 1 is 0.810 bits per heavy atom. The molecule has 21 heavy (non-hydrogen) atoms. The van der Waals surface area contributed by atoms with E-state index in [9.17, 15) is 0 Å². The Balaban J connectivity index is 2.08. The van der Waals surface area contributed by atoms with Gasteiger partial charge in [-0.05, 0) is 17.7 Å². The zero-order valence-electron chi connectivity index (χ0n) is 14.4. The van der Waals surface area contributed by atoms with Crippen LogP contribution in [0.2, 0.25) is 11.6 Å². The van der Waals surface area contributed by atoms with E-state index in [1.54, 1.807) is 0 Å². The molecule has 1 unspecified atom stereocenters. The Labute approximate surface area is 134 Å². The minimum atomic E-state index is 0.621. The molecule has 1 heterocycles. The Morgan fingerprint density at radius 2 is 1.38 bits per heavy atom. The molecule has 1 aliphatic carbocycles. The Bertz CT molecular complexity index is 264. The summed E-state index contributed by atoms with van der Waals surface area (Å²) in [6.07, 6.45) is 25.8. The second-order valence-corrected chi connectivity index (χ2v) is 7.87. The number of hydrogen-bond acceptors (Lipinski definition) is 0. The molecule has 0 spiro atoms. The number of rotatable bonds is 3. The van der Waals surface area contributed by atoms with Crippen LogP contribution >= 0.6 is 0 Å². The van der Waals surface area contributed by atoms with E-state index in [1.807, 2.05) is 0 Å². The molecular weight excluding hydrogens is 251 g/mol. The third kappa shape index (κ3) is 5.49. The molecule has 0 radical (unpaired) electrons. The van der Waals surface area contributed by atoms with E-state index in [0.717, 1.165) is 5.92 Å². The maximum atomic E-state index is 4.13. The van der Waals surface area contributed by atoms with Crippen LogP contribution in [-0.2, 0) is 0 Å². The zero-order chi connectivity index (χ0) is 14.8. The predicted octanol–water partition coefficient (Wildman–Crippen LogP) is 6.68. The van der Waals surface area contributed by atoms with E-state index in [4.69, 9.17) is 0 Å². The van der Waals surface area contributed by atoms with Crippen molar-refractivity contribution in [3.8, 4) is 0 Å². The molecule has 0 bridgehead atoms. The average Bonchev–Trinajstić information content (AvgIpc) is 2.70. The van der Waals surface area contributed by atoms with E-state index < -0.39 is 0 Å². The maximum Gasteiger partial charge on any atom is 0.128 e. The van der Waals surface area contributed by atoms with Crippen LogP contribution in [0.3, 0.4) is 0 Å². The van der Waals surface area contributed by atoms with Gasteiger partial charge in [0.1, 0.15) is 7.28 Å². The molecule has 0 aromatic carbocycles. The number of allylic oxidation sites excluding steroid dienone is 1. The van der Waals surface area contributed by atoms with Gasteiger partial charge < -0.3 is 0 Å². The van der Waals surface area contributed by atoms with Gasteiger partial charge in [0.2, 0.25) is 0 Å². The molecular formula is C20H37B. The van der Waals surface area contributed by atoms with Gasteiger partial charge in [0.15, 0.2) is 0 Å². The molecule has 1 aliphatic heterocycles. The van der Waals surface area contributed by atoms with E-state index >= 15 is 0 Å². The standard InChI is InChI=1S/C20H37B/c1-2-16-20(17-12-8-5-9-13-18-21-20)19-14-10-6-3-4-7-11-15-19/h2,19,21H,1,3-18H2. The molecule has 1 saturated heterocycles. The molecule has 0 amide bonds. The monoisotopic (exact) mass is 288 g/mol. The Morgan fingerprint density at radius 3 is 2.05 bits per heavy atom. The van der Waals surface area contributed by atoms with Crippen molar-refractivity contribution in [3.63, 3.8) is 0 Å². The van der Waals surface area contributed by atoms with Gasteiger partial charge in [-0.2, -0.15) is 0 Å². The second kappa shape index (κ2) is 9.75. The van der Waals surface area contributed by atoms with E-state index in [0.29, 0.717) is 5.31 Å². The van der Waals surface area contributed by atoms with E-state index in [1.165, 1.54) is 110 Å². The van der Waals surface area contributed by atoms with Crippen LogP contribution < -0.4 is 0 Å². The van der Waals surface area contributed by atoms with E-state index in [2.05, 4.69) is 12.7 Å². The fourth-order valence-corrected chi connectivity index (χ4v) is 5.10. The van der Waals surface area contributed by atoms with Crippen molar-refractivity contribution in [2.24, 2.45) is 5.92 Å². The highest BCUT2D eigenvalue weighted by Gasteiger charge is 2.37. The molecule has 0 N–H and O–H groups in total.